The fourth-order valence-corrected chi connectivity index (χ4v) is 3.41. The molecule has 0 saturated heterocycles. The Morgan fingerprint density at radius 2 is 1.11 bits per heavy atom. The second kappa shape index (κ2) is 15.1. The van der Waals surface area contributed by atoms with E-state index in [0.717, 1.165) is 5.33 Å². The number of hydrogen-bond acceptors (Lipinski definition) is 0. The number of halogens is 2. The fourth-order valence-electron chi connectivity index (χ4n) is 2.56. The molecule has 0 aromatic heterocycles. The molecule has 118 valence electrons. The van der Waals surface area contributed by atoms with Gasteiger partial charge >= 0.3 is 0 Å². The number of hydrogen-bond donors (Lipinski definition) is 0. The fraction of sp³-hybridized carbons (Fsp3) is 1.00. The molecule has 0 aromatic carbocycles. The molecule has 1 unspecified atom stereocenters. The summed E-state index contributed by atoms with van der Waals surface area (Å²) in [5.41, 5.74) is 0. The summed E-state index contributed by atoms with van der Waals surface area (Å²) in [4.78, 5) is 0. The minimum atomic E-state index is 0. The molecular weight excluding hydrogens is 322 g/mol. The summed E-state index contributed by atoms with van der Waals surface area (Å²) in [6.07, 6.45) is 12.6. The Labute approximate surface area is 136 Å². The number of rotatable bonds is 13. The average molecular weight is 357 g/mol. The second-order valence-electron chi connectivity index (χ2n) is 5.95. The standard InChI is InChI=1S/C16H35BrN.ClH/c1-4-6-8-9-10-12-15-18(3,16-13-17)14-11-7-5-2;/h4-16H2,1-3H3;1H/q+1;/p-1. The first-order valence-corrected chi connectivity index (χ1v) is 9.20. The van der Waals surface area contributed by atoms with E-state index in [9.17, 15) is 0 Å². The predicted molar refractivity (Wildman–Crippen MR) is 87.5 cm³/mol. The van der Waals surface area contributed by atoms with Crippen LogP contribution in [-0.4, -0.2) is 36.5 Å². The number of quaternary nitrogens is 1. The Hall–Kier alpha value is 0.730. The van der Waals surface area contributed by atoms with Gasteiger partial charge in [0.1, 0.15) is 0 Å². The highest BCUT2D eigenvalue weighted by Gasteiger charge is 2.19. The van der Waals surface area contributed by atoms with Crippen LogP contribution in [0.5, 0.6) is 0 Å². The molecule has 0 N–H and O–H groups in total. The van der Waals surface area contributed by atoms with E-state index in [-0.39, 0.29) is 12.4 Å². The highest BCUT2D eigenvalue weighted by atomic mass is 79.9. The van der Waals surface area contributed by atoms with Gasteiger partial charge in [-0.1, -0.05) is 61.9 Å². The van der Waals surface area contributed by atoms with Crippen LogP contribution >= 0.6 is 15.9 Å². The van der Waals surface area contributed by atoms with E-state index >= 15 is 0 Å². The van der Waals surface area contributed by atoms with Crippen LogP contribution in [0.25, 0.3) is 0 Å². The van der Waals surface area contributed by atoms with E-state index in [2.05, 4.69) is 36.8 Å². The lowest BCUT2D eigenvalue weighted by Crippen LogP contribution is -3.00. The molecule has 0 aliphatic heterocycles. The maximum absolute atomic E-state index is 3.62. The summed E-state index contributed by atoms with van der Waals surface area (Å²) in [5, 5.41) is 1.14. The van der Waals surface area contributed by atoms with Crippen molar-refractivity contribution < 1.29 is 16.9 Å². The van der Waals surface area contributed by atoms with Crippen LogP contribution in [0.4, 0.5) is 0 Å². The van der Waals surface area contributed by atoms with E-state index in [1.807, 2.05) is 0 Å². The maximum atomic E-state index is 3.62. The summed E-state index contributed by atoms with van der Waals surface area (Å²) in [5.74, 6) is 0. The van der Waals surface area contributed by atoms with Gasteiger partial charge in [-0.2, -0.15) is 0 Å². The SMILES string of the molecule is CCCCCCCC[N+](C)(CCBr)CCCCC.[Cl-]. The molecule has 1 atom stereocenters. The summed E-state index contributed by atoms with van der Waals surface area (Å²) in [7, 11) is 2.45. The van der Waals surface area contributed by atoms with Crippen molar-refractivity contribution in [3.05, 3.63) is 0 Å². The van der Waals surface area contributed by atoms with Gasteiger partial charge in [0, 0.05) is 0 Å². The highest BCUT2D eigenvalue weighted by molar-refractivity contribution is 9.09. The monoisotopic (exact) mass is 355 g/mol. The van der Waals surface area contributed by atoms with E-state index in [1.54, 1.807) is 0 Å². The van der Waals surface area contributed by atoms with Crippen molar-refractivity contribution in [2.75, 3.05) is 32.0 Å². The van der Waals surface area contributed by atoms with E-state index in [1.165, 1.54) is 81.9 Å². The maximum Gasteiger partial charge on any atom is 0.0883 e. The number of unbranched alkanes of at least 4 members (excludes halogenated alkanes) is 7. The molecule has 0 saturated carbocycles. The predicted octanol–water partition coefficient (Wildman–Crippen LogP) is 2.38. The Balaban J connectivity index is 0. The summed E-state index contributed by atoms with van der Waals surface area (Å²) >= 11 is 3.62. The third-order valence-electron chi connectivity index (χ3n) is 3.98. The Morgan fingerprint density at radius 1 is 0.684 bits per heavy atom. The molecule has 0 aliphatic rings. The third kappa shape index (κ3) is 13.5. The summed E-state index contributed by atoms with van der Waals surface area (Å²) < 4.78 is 1.28. The molecule has 0 aliphatic carbocycles. The second-order valence-corrected chi connectivity index (χ2v) is 6.75. The third-order valence-corrected chi connectivity index (χ3v) is 4.33. The van der Waals surface area contributed by atoms with Crippen LogP contribution < -0.4 is 12.4 Å². The molecule has 0 fully saturated rings. The molecule has 0 aromatic rings. The molecule has 0 rings (SSSR count). The van der Waals surface area contributed by atoms with Gasteiger partial charge in [0.15, 0.2) is 0 Å². The van der Waals surface area contributed by atoms with Gasteiger partial charge in [0.05, 0.1) is 32.0 Å². The van der Waals surface area contributed by atoms with Crippen molar-refractivity contribution in [1.82, 2.24) is 0 Å². The van der Waals surface area contributed by atoms with Crippen LogP contribution in [-0.2, 0) is 0 Å². The van der Waals surface area contributed by atoms with Crippen molar-refractivity contribution in [1.29, 1.82) is 0 Å². The van der Waals surface area contributed by atoms with Gasteiger partial charge in [-0.25, -0.2) is 0 Å². The molecular formula is C16H35BrClN. The normalized spacial score (nSPS) is 13.9. The lowest BCUT2D eigenvalue weighted by Gasteiger charge is -2.34. The lowest BCUT2D eigenvalue weighted by molar-refractivity contribution is -0.907. The largest absolute Gasteiger partial charge is 1.00 e. The van der Waals surface area contributed by atoms with Crippen LogP contribution in [0.2, 0.25) is 0 Å². The van der Waals surface area contributed by atoms with Crippen molar-refractivity contribution >= 4 is 15.9 Å². The van der Waals surface area contributed by atoms with E-state index in [4.69, 9.17) is 0 Å². The molecule has 0 radical (unpaired) electrons. The Bertz CT molecular complexity index is 178. The Morgan fingerprint density at radius 3 is 1.63 bits per heavy atom. The first-order chi connectivity index (χ1) is 8.68. The van der Waals surface area contributed by atoms with E-state index < -0.39 is 0 Å². The van der Waals surface area contributed by atoms with Gasteiger partial charge < -0.3 is 16.9 Å². The summed E-state index contributed by atoms with van der Waals surface area (Å²) in [6.45, 7) is 8.62. The molecule has 19 heavy (non-hydrogen) atoms. The van der Waals surface area contributed by atoms with Gasteiger partial charge in [-0.3, -0.25) is 0 Å². The number of nitrogens with zero attached hydrogens (tertiary/aromatic N) is 1. The van der Waals surface area contributed by atoms with Crippen molar-refractivity contribution in [3.63, 3.8) is 0 Å². The molecule has 1 nitrogen and oxygen atoms in total. The van der Waals surface area contributed by atoms with Crippen molar-refractivity contribution in [2.45, 2.75) is 71.6 Å². The van der Waals surface area contributed by atoms with Gasteiger partial charge in [0.2, 0.25) is 0 Å². The molecule has 0 amide bonds. The van der Waals surface area contributed by atoms with Crippen LogP contribution in [0.1, 0.15) is 71.6 Å². The zero-order valence-electron chi connectivity index (χ0n) is 13.4. The van der Waals surface area contributed by atoms with Crippen molar-refractivity contribution in [2.24, 2.45) is 0 Å². The average Bonchev–Trinajstić information content (AvgIpc) is 2.34. The summed E-state index contributed by atoms with van der Waals surface area (Å²) in [6, 6.07) is 0. The Kier molecular flexibility index (Phi) is 17.5. The lowest BCUT2D eigenvalue weighted by atomic mass is 10.1. The first-order valence-electron chi connectivity index (χ1n) is 8.08. The van der Waals surface area contributed by atoms with Gasteiger partial charge in [0.25, 0.3) is 0 Å². The van der Waals surface area contributed by atoms with E-state index in [0.29, 0.717) is 0 Å². The van der Waals surface area contributed by atoms with Gasteiger partial charge in [-0.05, 0) is 25.7 Å². The first kappa shape index (κ1) is 22.0. The zero-order chi connectivity index (χ0) is 13.7. The van der Waals surface area contributed by atoms with Crippen LogP contribution in [0, 0.1) is 0 Å². The quantitative estimate of drug-likeness (QED) is 0.270. The molecule has 3 heteroatoms. The topological polar surface area (TPSA) is 0 Å². The highest BCUT2D eigenvalue weighted by Crippen LogP contribution is 2.12. The minimum absolute atomic E-state index is 0. The van der Waals surface area contributed by atoms with Crippen molar-refractivity contribution in [3.8, 4) is 0 Å². The molecule has 0 heterocycles. The molecule has 0 bridgehead atoms. The molecule has 0 spiro atoms. The minimum Gasteiger partial charge on any atom is -1.00 e. The number of alkyl halides is 1. The van der Waals surface area contributed by atoms with Gasteiger partial charge in [-0.15, -0.1) is 0 Å². The smallest absolute Gasteiger partial charge is 0.0883 e. The van der Waals surface area contributed by atoms with Crippen LogP contribution in [0.15, 0.2) is 0 Å². The zero-order valence-corrected chi connectivity index (χ0v) is 15.7. The van der Waals surface area contributed by atoms with Crippen LogP contribution in [0.3, 0.4) is 0 Å².